The number of carbonyl (C=O) groups excluding carboxylic acids is 2. The van der Waals surface area contributed by atoms with Gasteiger partial charge in [0.25, 0.3) is 0 Å². The molecule has 0 saturated carbocycles. The third kappa shape index (κ3) is 3.74. The van der Waals surface area contributed by atoms with Gasteiger partial charge in [0.05, 0.1) is 11.4 Å². The highest BCUT2D eigenvalue weighted by Gasteiger charge is 2.59. The molecular formula is C38H28N2O6. The maximum Gasteiger partial charge on any atom is 0.205 e. The van der Waals surface area contributed by atoms with E-state index in [1.807, 2.05) is 48.5 Å². The minimum atomic E-state index is -1.68. The lowest BCUT2D eigenvalue weighted by molar-refractivity contribution is -0.158. The summed E-state index contributed by atoms with van der Waals surface area (Å²) in [5, 5.41) is 21.5. The number of hydrogen-bond acceptors (Lipinski definition) is 6. The molecule has 226 valence electrons. The number of fused-ring (bicyclic) bond motifs is 6. The molecule has 8 rings (SSSR count). The molecule has 8 heteroatoms. The molecule has 0 bridgehead atoms. The van der Waals surface area contributed by atoms with E-state index in [2.05, 4.69) is 9.97 Å². The number of H-pyrrole nitrogens is 2. The molecule has 2 aromatic heterocycles. The van der Waals surface area contributed by atoms with Gasteiger partial charge in [0.1, 0.15) is 17.6 Å². The standard InChI is InChI=1S/C38H28N2O6/c1-45-37(21-13-17-23(42)18-14-21)38(46-2)35-30(25-8-4-6-10-28(25)40-35)32(36(38)44)31-29-24-7-3-5-9-27(24)39-33(29)26(34(31)43)19-20-11-15-22(41)16-12-20/h3-19,37,39-42H,1-2H3/b26-19-,32-31+. The van der Waals surface area contributed by atoms with Crippen molar-refractivity contribution in [2.45, 2.75) is 11.7 Å². The highest BCUT2D eigenvalue weighted by molar-refractivity contribution is 6.59. The Kier molecular flexibility index (Phi) is 6.15. The zero-order valence-electron chi connectivity index (χ0n) is 24.9. The third-order valence-corrected chi connectivity index (χ3v) is 9.17. The van der Waals surface area contributed by atoms with Crippen LogP contribution < -0.4 is 0 Å². The SMILES string of the molecule is COC(c1ccc(O)cc1)C1(OC)C(=O)/C(=C2/C(=O)/C(=C\c3ccc(O)cc3)c3[nH]c4ccccc4c32)c2c1[nH]c1ccccc21. The fourth-order valence-corrected chi connectivity index (χ4v) is 7.15. The van der Waals surface area contributed by atoms with E-state index in [1.165, 1.54) is 26.4 Å². The normalized spacial score (nSPS) is 20.6. The molecule has 6 aromatic rings. The average Bonchev–Trinajstić information content (AvgIpc) is 3.77. The summed E-state index contributed by atoms with van der Waals surface area (Å²) >= 11 is 0. The Morgan fingerprint density at radius 1 is 0.717 bits per heavy atom. The van der Waals surface area contributed by atoms with Crippen LogP contribution in [0.25, 0.3) is 44.6 Å². The van der Waals surface area contributed by atoms with Crippen LogP contribution in [-0.2, 0) is 24.7 Å². The van der Waals surface area contributed by atoms with E-state index in [0.717, 1.165) is 27.4 Å². The summed E-state index contributed by atoms with van der Waals surface area (Å²) in [6, 6.07) is 28.4. The Morgan fingerprint density at radius 3 is 1.93 bits per heavy atom. The molecule has 2 aliphatic carbocycles. The first-order valence-corrected chi connectivity index (χ1v) is 14.8. The van der Waals surface area contributed by atoms with Crippen molar-refractivity contribution in [2.75, 3.05) is 14.2 Å². The fourth-order valence-electron chi connectivity index (χ4n) is 7.15. The maximum atomic E-state index is 15.2. The van der Waals surface area contributed by atoms with Gasteiger partial charge in [-0.1, -0.05) is 60.7 Å². The van der Waals surface area contributed by atoms with Gasteiger partial charge in [-0.2, -0.15) is 0 Å². The van der Waals surface area contributed by atoms with Crippen LogP contribution in [0.3, 0.4) is 0 Å². The lowest BCUT2D eigenvalue weighted by atomic mass is 9.85. The van der Waals surface area contributed by atoms with Gasteiger partial charge in [0.2, 0.25) is 11.4 Å². The van der Waals surface area contributed by atoms with Gasteiger partial charge in [0.15, 0.2) is 5.78 Å². The molecule has 2 aliphatic rings. The smallest absolute Gasteiger partial charge is 0.205 e. The van der Waals surface area contributed by atoms with Crippen molar-refractivity contribution in [2.24, 2.45) is 0 Å². The number of Topliss-reactive ketones (excluding diaryl/α,β-unsaturated/α-hetero) is 2. The van der Waals surface area contributed by atoms with E-state index in [1.54, 1.807) is 42.5 Å². The molecule has 0 saturated heterocycles. The van der Waals surface area contributed by atoms with Crippen LogP contribution in [0.15, 0.2) is 97.1 Å². The number of ether oxygens (including phenoxy) is 2. The van der Waals surface area contributed by atoms with Crippen molar-refractivity contribution < 1.29 is 29.3 Å². The van der Waals surface area contributed by atoms with Crippen molar-refractivity contribution in [3.63, 3.8) is 0 Å². The number of carbonyl (C=O) groups is 2. The van der Waals surface area contributed by atoms with Crippen LogP contribution in [0.5, 0.6) is 11.5 Å². The zero-order valence-corrected chi connectivity index (χ0v) is 24.9. The number of phenolic OH excluding ortho intramolecular Hbond substituents is 2. The highest BCUT2D eigenvalue weighted by Crippen LogP contribution is 2.57. The van der Waals surface area contributed by atoms with Gasteiger partial charge >= 0.3 is 0 Å². The number of nitrogens with one attached hydrogen (secondary N) is 2. The van der Waals surface area contributed by atoms with Crippen molar-refractivity contribution in [1.82, 2.24) is 9.97 Å². The summed E-state index contributed by atoms with van der Waals surface area (Å²) in [7, 11) is 2.98. The molecule has 2 atom stereocenters. The van der Waals surface area contributed by atoms with E-state index < -0.39 is 17.5 Å². The van der Waals surface area contributed by atoms with Crippen LogP contribution in [0.2, 0.25) is 0 Å². The largest absolute Gasteiger partial charge is 0.508 e. The molecule has 4 N–H and O–H groups in total. The number of allylic oxidation sites excluding steroid dienone is 2. The first-order valence-electron chi connectivity index (χ1n) is 14.8. The number of rotatable bonds is 5. The van der Waals surface area contributed by atoms with Gasteiger partial charge in [-0.3, -0.25) is 9.59 Å². The van der Waals surface area contributed by atoms with Gasteiger partial charge < -0.3 is 29.7 Å². The van der Waals surface area contributed by atoms with E-state index in [0.29, 0.717) is 33.7 Å². The Labute approximate surface area is 263 Å². The van der Waals surface area contributed by atoms with E-state index in [4.69, 9.17) is 9.47 Å². The molecule has 0 fully saturated rings. The summed E-state index contributed by atoms with van der Waals surface area (Å²) in [5.41, 5.74) is 4.56. The second kappa shape index (κ2) is 10.2. The highest BCUT2D eigenvalue weighted by atomic mass is 16.5. The molecule has 46 heavy (non-hydrogen) atoms. The molecule has 4 aromatic carbocycles. The van der Waals surface area contributed by atoms with Gasteiger partial charge in [-0.15, -0.1) is 0 Å². The number of methoxy groups -OCH3 is 2. The zero-order chi connectivity index (χ0) is 31.7. The van der Waals surface area contributed by atoms with E-state index in [-0.39, 0.29) is 28.4 Å². The number of para-hydroxylation sites is 2. The molecule has 2 unspecified atom stereocenters. The summed E-state index contributed by atoms with van der Waals surface area (Å²) < 4.78 is 12.3. The molecule has 0 spiro atoms. The van der Waals surface area contributed by atoms with Gasteiger partial charge in [0, 0.05) is 63.9 Å². The Morgan fingerprint density at radius 2 is 1.30 bits per heavy atom. The van der Waals surface area contributed by atoms with Crippen LogP contribution in [0.1, 0.15) is 39.7 Å². The predicted molar refractivity (Wildman–Crippen MR) is 176 cm³/mol. The van der Waals surface area contributed by atoms with Crippen molar-refractivity contribution >= 4 is 56.2 Å². The number of benzene rings is 4. The van der Waals surface area contributed by atoms with Crippen molar-refractivity contribution in [3.05, 3.63) is 131 Å². The average molecular weight is 609 g/mol. The first kappa shape index (κ1) is 27.8. The van der Waals surface area contributed by atoms with Crippen LogP contribution >= 0.6 is 0 Å². The quantitative estimate of drug-likeness (QED) is 0.158. The van der Waals surface area contributed by atoms with Crippen LogP contribution in [0.4, 0.5) is 0 Å². The van der Waals surface area contributed by atoms with E-state index >= 15 is 4.79 Å². The lowest BCUT2D eigenvalue weighted by Crippen LogP contribution is -2.42. The van der Waals surface area contributed by atoms with Crippen LogP contribution in [0, 0.1) is 0 Å². The van der Waals surface area contributed by atoms with Crippen molar-refractivity contribution in [1.29, 1.82) is 0 Å². The van der Waals surface area contributed by atoms with Gasteiger partial charge in [-0.05, 0) is 53.6 Å². The summed E-state index contributed by atoms with van der Waals surface area (Å²) in [6.07, 6.45) is 0.846. The fraction of sp³-hybridized carbons (Fsp3) is 0.105. The number of ketones is 2. The number of aromatic hydroxyl groups is 2. The monoisotopic (exact) mass is 608 g/mol. The maximum absolute atomic E-state index is 15.2. The number of aromatic nitrogens is 2. The second-order valence-corrected chi connectivity index (χ2v) is 11.5. The minimum absolute atomic E-state index is 0.0771. The molecule has 0 aliphatic heterocycles. The third-order valence-electron chi connectivity index (χ3n) is 9.17. The molecule has 0 radical (unpaired) electrons. The Balaban J connectivity index is 1.47. The number of aromatic amines is 2. The Hall–Kier alpha value is -5.70. The molecular weight excluding hydrogens is 580 g/mol. The minimum Gasteiger partial charge on any atom is -0.508 e. The molecule has 0 amide bonds. The molecule has 8 nitrogen and oxygen atoms in total. The van der Waals surface area contributed by atoms with Gasteiger partial charge in [-0.25, -0.2) is 0 Å². The van der Waals surface area contributed by atoms with Crippen molar-refractivity contribution in [3.8, 4) is 11.5 Å². The Bertz CT molecular complexity index is 2290. The lowest BCUT2D eigenvalue weighted by Gasteiger charge is -2.34. The number of hydrogen-bond donors (Lipinski definition) is 4. The second-order valence-electron chi connectivity index (χ2n) is 11.5. The summed E-state index contributed by atoms with van der Waals surface area (Å²) in [5.74, 6) is -0.513. The summed E-state index contributed by atoms with van der Waals surface area (Å²) in [6.45, 7) is 0. The number of phenols is 2. The predicted octanol–water partition coefficient (Wildman–Crippen LogP) is 6.91. The van der Waals surface area contributed by atoms with E-state index in [9.17, 15) is 15.0 Å². The summed E-state index contributed by atoms with van der Waals surface area (Å²) in [4.78, 5) is 36.8. The first-order chi connectivity index (χ1) is 22.4. The molecule has 2 heterocycles. The topological polar surface area (TPSA) is 125 Å². The van der Waals surface area contributed by atoms with Crippen LogP contribution in [-0.4, -0.2) is 46.0 Å².